The number of benzene rings is 1. The van der Waals surface area contributed by atoms with Crippen LogP contribution in [-0.2, 0) is 6.54 Å². The molecule has 0 saturated carbocycles. The van der Waals surface area contributed by atoms with Gasteiger partial charge in [0, 0.05) is 37.3 Å². The molecule has 0 spiro atoms. The van der Waals surface area contributed by atoms with E-state index in [9.17, 15) is 8.78 Å². The number of nitrogens with zero attached hydrogens (tertiary/aromatic N) is 2. The average Bonchev–Trinajstić information content (AvgIpc) is 2.88. The predicted molar refractivity (Wildman–Crippen MR) is 75.7 cm³/mol. The van der Waals surface area contributed by atoms with E-state index in [1.54, 1.807) is 12.1 Å². The maximum absolute atomic E-state index is 14.3. The molecule has 0 aliphatic carbocycles. The number of hydrogen-bond donors (Lipinski definition) is 1. The fourth-order valence-electron chi connectivity index (χ4n) is 3.48. The van der Waals surface area contributed by atoms with Crippen LogP contribution in [0, 0.1) is 11.6 Å². The van der Waals surface area contributed by atoms with Crippen LogP contribution in [0.1, 0.15) is 25.3 Å². The van der Waals surface area contributed by atoms with Crippen molar-refractivity contribution in [2.75, 3.05) is 24.5 Å². The molecule has 2 aliphatic heterocycles. The lowest BCUT2D eigenvalue weighted by Crippen LogP contribution is -2.55. The summed E-state index contributed by atoms with van der Waals surface area (Å²) in [7, 11) is 0. The van der Waals surface area contributed by atoms with E-state index < -0.39 is 11.6 Å². The van der Waals surface area contributed by atoms with Crippen molar-refractivity contribution in [2.45, 2.75) is 38.4 Å². The standard InChI is InChI=1S/C15H21F2N3/c1-10-8-19-6-2-3-12(19)9-20(10)13-5-4-11(7-18)14(16)15(13)17/h4-5,10,12H,2-3,6-9,18H2,1H3. The summed E-state index contributed by atoms with van der Waals surface area (Å²) >= 11 is 0. The first kappa shape index (κ1) is 13.8. The number of piperazine rings is 1. The van der Waals surface area contributed by atoms with Crippen molar-refractivity contribution in [1.29, 1.82) is 0 Å². The Morgan fingerprint density at radius 3 is 2.80 bits per heavy atom. The Morgan fingerprint density at radius 2 is 2.05 bits per heavy atom. The zero-order chi connectivity index (χ0) is 14.3. The van der Waals surface area contributed by atoms with Gasteiger partial charge in [-0.05, 0) is 32.4 Å². The van der Waals surface area contributed by atoms with E-state index >= 15 is 0 Å². The summed E-state index contributed by atoms with van der Waals surface area (Å²) in [6, 6.07) is 3.94. The lowest BCUT2D eigenvalue weighted by molar-refractivity contribution is 0.202. The zero-order valence-corrected chi connectivity index (χ0v) is 11.8. The summed E-state index contributed by atoms with van der Waals surface area (Å²) in [6.07, 6.45) is 2.35. The quantitative estimate of drug-likeness (QED) is 0.901. The number of anilines is 1. The third-order valence-corrected chi connectivity index (χ3v) is 4.61. The molecule has 2 aliphatic rings. The predicted octanol–water partition coefficient (Wildman–Crippen LogP) is 2.10. The van der Waals surface area contributed by atoms with Gasteiger partial charge in [-0.2, -0.15) is 0 Å². The molecule has 110 valence electrons. The Bertz CT molecular complexity index is 506. The van der Waals surface area contributed by atoms with E-state index in [4.69, 9.17) is 5.73 Å². The van der Waals surface area contributed by atoms with Crippen LogP contribution in [0.2, 0.25) is 0 Å². The van der Waals surface area contributed by atoms with Crippen LogP contribution in [0.25, 0.3) is 0 Å². The van der Waals surface area contributed by atoms with Crippen molar-refractivity contribution in [3.63, 3.8) is 0 Å². The van der Waals surface area contributed by atoms with E-state index in [1.807, 2.05) is 4.90 Å². The van der Waals surface area contributed by atoms with E-state index in [0.717, 1.165) is 26.1 Å². The Hall–Kier alpha value is -1.20. The summed E-state index contributed by atoms with van der Waals surface area (Å²) in [6.45, 7) is 4.92. The second kappa shape index (κ2) is 5.30. The molecule has 2 heterocycles. The summed E-state index contributed by atoms with van der Waals surface area (Å²) in [5.41, 5.74) is 6.03. The second-order valence-corrected chi connectivity index (χ2v) is 5.87. The van der Waals surface area contributed by atoms with Crippen LogP contribution in [0.5, 0.6) is 0 Å². The summed E-state index contributed by atoms with van der Waals surface area (Å²) in [5, 5.41) is 0. The summed E-state index contributed by atoms with van der Waals surface area (Å²) in [4.78, 5) is 4.47. The molecule has 2 fully saturated rings. The van der Waals surface area contributed by atoms with E-state index in [1.165, 1.54) is 6.42 Å². The van der Waals surface area contributed by atoms with Gasteiger partial charge >= 0.3 is 0 Å². The van der Waals surface area contributed by atoms with Crippen LogP contribution in [0.3, 0.4) is 0 Å². The van der Waals surface area contributed by atoms with Gasteiger partial charge in [-0.15, -0.1) is 0 Å². The molecule has 3 rings (SSSR count). The van der Waals surface area contributed by atoms with Gasteiger partial charge in [0.25, 0.3) is 0 Å². The van der Waals surface area contributed by atoms with Gasteiger partial charge in [-0.1, -0.05) is 6.07 Å². The first-order valence-electron chi connectivity index (χ1n) is 7.29. The average molecular weight is 281 g/mol. The van der Waals surface area contributed by atoms with Crippen molar-refractivity contribution in [3.05, 3.63) is 29.3 Å². The van der Waals surface area contributed by atoms with Crippen LogP contribution in [-0.4, -0.2) is 36.6 Å². The normalized spacial score (nSPS) is 26.9. The number of hydrogen-bond acceptors (Lipinski definition) is 3. The first-order chi connectivity index (χ1) is 9.61. The Morgan fingerprint density at radius 1 is 1.25 bits per heavy atom. The van der Waals surface area contributed by atoms with Gasteiger partial charge in [0.2, 0.25) is 0 Å². The Kier molecular flexibility index (Phi) is 3.65. The van der Waals surface area contributed by atoms with Gasteiger partial charge < -0.3 is 10.6 Å². The van der Waals surface area contributed by atoms with Crippen LogP contribution >= 0.6 is 0 Å². The summed E-state index contributed by atoms with van der Waals surface area (Å²) < 4.78 is 28.2. The van der Waals surface area contributed by atoms with E-state index in [0.29, 0.717) is 11.7 Å². The summed E-state index contributed by atoms with van der Waals surface area (Å²) in [5.74, 6) is -1.56. The van der Waals surface area contributed by atoms with Crippen LogP contribution < -0.4 is 10.6 Å². The van der Waals surface area contributed by atoms with Crippen molar-refractivity contribution < 1.29 is 8.78 Å². The molecule has 2 unspecified atom stereocenters. The molecule has 2 saturated heterocycles. The van der Waals surface area contributed by atoms with E-state index in [-0.39, 0.29) is 18.2 Å². The smallest absolute Gasteiger partial charge is 0.182 e. The van der Waals surface area contributed by atoms with Crippen molar-refractivity contribution >= 4 is 5.69 Å². The molecule has 3 nitrogen and oxygen atoms in total. The van der Waals surface area contributed by atoms with E-state index in [2.05, 4.69) is 11.8 Å². The molecule has 5 heteroatoms. The lowest BCUT2D eigenvalue weighted by Gasteiger charge is -2.43. The molecule has 1 aromatic rings. The van der Waals surface area contributed by atoms with Crippen LogP contribution in [0.4, 0.5) is 14.5 Å². The molecule has 20 heavy (non-hydrogen) atoms. The third-order valence-electron chi connectivity index (χ3n) is 4.61. The maximum atomic E-state index is 14.3. The minimum Gasteiger partial charge on any atom is -0.364 e. The molecule has 0 amide bonds. The van der Waals surface area contributed by atoms with Gasteiger partial charge in [0.05, 0.1) is 5.69 Å². The minimum atomic E-state index is -0.800. The maximum Gasteiger partial charge on any atom is 0.182 e. The molecule has 2 atom stereocenters. The topological polar surface area (TPSA) is 32.5 Å². The molecular weight excluding hydrogens is 260 g/mol. The highest BCUT2D eigenvalue weighted by Gasteiger charge is 2.35. The zero-order valence-electron chi connectivity index (χ0n) is 11.8. The minimum absolute atomic E-state index is 0.0228. The highest BCUT2D eigenvalue weighted by molar-refractivity contribution is 5.51. The number of nitrogens with two attached hydrogens (primary N) is 1. The van der Waals surface area contributed by atoms with Gasteiger partial charge in [-0.3, -0.25) is 4.90 Å². The monoisotopic (exact) mass is 281 g/mol. The highest BCUT2D eigenvalue weighted by atomic mass is 19.2. The largest absolute Gasteiger partial charge is 0.364 e. The third kappa shape index (κ3) is 2.19. The number of fused-ring (bicyclic) bond motifs is 1. The fourth-order valence-corrected chi connectivity index (χ4v) is 3.48. The van der Waals surface area contributed by atoms with Crippen molar-refractivity contribution in [2.24, 2.45) is 5.73 Å². The highest BCUT2D eigenvalue weighted by Crippen LogP contribution is 2.31. The Labute approximate surface area is 118 Å². The lowest BCUT2D eigenvalue weighted by atomic mass is 10.1. The van der Waals surface area contributed by atoms with Crippen molar-refractivity contribution in [3.8, 4) is 0 Å². The van der Waals surface area contributed by atoms with Gasteiger partial charge in [0.15, 0.2) is 11.6 Å². The molecule has 0 radical (unpaired) electrons. The van der Waals surface area contributed by atoms with Crippen LogP contribution in [0.15, 0.2) is 12.1 Å². The molecule has 0 bridgehead atoms. The Balaban J connectivity index is 1.90. The number of halogens is 2. The second-order valence-electron chi connectivity index (χ2n) is 5.87. The molecule has 1 aromatic carbocycles. The molecule has 0 aromatic heterocycles. The SMILES string of the molecule is CC1CN2CCCC2CN1c1ccc(CN)c(F)c1F. The van der Waals surface area contributed by atoms with Gasteiger partial charge in [0.1, 0.15) is 0 Å². The molecular formula is C15H21F2N3. The molecule has 2 N–H and O–H groups in total. The van der Waals surface area contributed by atoms with Crippen molar-refractivity contribution in [1.82, 2.24) is 4.90 Å². The first-order valence-corrected chi connectivity index (χ1v) is 7.29. The fraction of sp³-hybridized carbons (Fsp3) is 0.600. The number of rotatable bonds is 2. The van der Waals surface area contributed by atoms with Gasteiger partial charge in [-0.25, -0.2) is 8.78 Å².